The SMILES string of the molecule is CCn1c(CNCCN2CCOCC2)nc2ccccc21. The number of para-hydroxylation sites is 2. The Morgan fingerprint density at radius 1 is 1.24 bits per heavy atom. The van der Waals surface area contributed by atoms with Crippen LogP contribution in [0.2, 0.25) is 0 Å². The summed E-state index contributed by atoms with van der Waals surface area (Å²) >= 11 is 0. The van der Waals surface area contributed by atoms with E-state index < -0.39 is 0 Å². The van der Waals surface area contributed by atoms with Gasteiger partial charge in [-0.3, -0.25) is 4.90 Å². The van der Waals surface area contributed by atoms with Crippen molar-refractivity contribution in [3.63, 3.8) is 0 Å². The molecule has 1 fully saturated rings. The van der Waals surface area contributed by atoms with Gasteiger partial charge in [0.05, 0.1) is 30.8 Å². The zero-order valence-electron chi connectivity index (χ0n) is 12.7. The van der Waals surface area contributed by atoms with E-state index in [9.17, 15) is 0 Å². The van der Waals surface area contributed by atoms with Gasteiger partial charge in [-0.2, -0.15) is 0 Å². The summed E-state index contributed by atoms with van der Waals surface area (Å²) < 4.78 is 7.65. The van der Waals surface area contributed by atoms with Crippen LogP contribution in [0.3, 0.4) is 0 Å². The second-order valence-electron chi connectivity index (χ2n) is 5.39. The summed E-state index contributed by atoms with van der Waals surface area (Å²) in [5.41, 5.74) is 2.31. The molecule has 0 atom stereocenters. The van der Waals surface area contributed by atoms with Crippen molar-refractivity contribution in [2.75, 3.05) is 39.4 Å². The Bertz CT molecular complexity index is 575. The van der Waals surface area contributed by atoms with Gasteiger partial charge in [-0.05, 0) is 19.1 Å². The summed E-state index contributed by atoms with van der Waals surface area (Å²) in [7, 11) is 0. The van der Waals surface area contributed by atoms with Crippen LogP contribution in [0.5, 0.6) is 0 Å². The van der Waals surface area contributed by atoms with E-state index in [1.54, 1.807) is 0 Å². The number of benzene rings is 1. The van der Waals surface area contributed by atoms with Crippen molar-refractivity contribution in [2.24, 2.45) is 0 Å². The second-order valence-corrected chi connectivity index (χ2v) is 5.39. The molecule has 0 spiro atoms. The maximum absolute atomic E-state index is 5.36. The standard InChI is InChI=1S/C16H24N4O/c1-2-20-15-6-4-3-5-14(15)18-16(20)13-17-7-8-19-9-11-21-12-10-19/h3-6,17H,2,7-13H2,1H3. The highest BCUT2D eigenvalue weighted by Crippen LogP contribution is 2.15. The highest BCUT2D eigenvalue weighted by atomic mass is 16.5. The first-order valence-electron chi connectivity index (χ1n) is 7.83. The largest absolute Gasteiger partial charge is 0.379 e. The van der Waals surface area contributed by atoms with E-state index in [-0.39, 0.29) is 0 Å². The quantitative estimate of drug-likeness (QED) is 0.818. The monoisotopic (exact) mass is 288 g/mol. The molecule has 3 rings (SSSR count). The van der Waals surface area contributed by atoms with Crippen molar-refractivity contribution >= 4 is 11.0 Å². The van der Waals surface area contributed by atoms with Crippen LogP contribution >= 0.6 is 0 Å². The van der Waals surface area contributed by atoms with Gasteiger partial charge in [-0.15, -0.1) is 0 Å². The minimum absolute atomic E-state index is 0.826. The molecule has 0 amide bonds. The molecular formula is C16H24N4O. The third kappa shape index (κ3) is 3.43. The summed E-state index contributed by atoms with van der Waals surface area (Å²) in [5.74, 6) is 1.13. The van der Waals surface area contributed by atoms with E-state index in [4.69, 9.17) is 9.72 Å². The van der Waals surface area contributed by atoms with E-state index in [0.717, 1.165) is 63.8 Å². The van der Waals surface area contributed by atoms with E-state index in [1.807, 2.05) is 6.07 Å². The van der Waals surface area contributed by atoms with Gasteiger partial charge in [0.25, 0.3) is 0 Å². The van der Waals surface area contributed by atoms with Gasteiger partial charge >= 0.3 is 0 Å². The Morgan fingerprint density at radius 2 is 2.05 bits per heavy atom. The number of rotatable bonds is 6. The summed E-state index contributed by atoms with van der Waals surface area (Å²) in [6, 6.07) is 8.35. The molecule has 0 saturated carbocycles. The third-order valence-electron chi connectivity index (χ3n) is 4.04. The molecule has 1 aliphatic rings. The van der Waals surface area contributed by atoms with Crippen molar-refractivity contribution in [3.05, 3.63) is 30.1 Å². The Morgan fingerprint density at radius 3 is 2.86 bits per heavy atom. The average Bonchev–Trinajstić information content (AvgIpc) is 2.90. The average molecular weight is 288 g/mol. The van der Waals surface area contributed by atoms with Crippen LogP contribution in [-0.4, -0.2) is 53.8 Å². The lowest BCUT2D eigenvalue weighted by atomic mass is 10.3. The number of hydrogen-bond donors (Lipinski definition) is 1. The van der Waals surface area contributed by atoms with Gasteiger partial charge in [0.2, 0.25) is 0 Å². The molecule has 0 radical (unpaired) electrons. The number of imidazole rings is 1. The molecule has 0 unspecified atom stereocenters. The van der Waals surface area contributed by atoms with Crippen LogP contribution in [0.15, 0.2) is 24.3 Å². The minimum atomic E-state index is 0.826. The molecule has 1 saturated heterocycles. The van der Waals surface area contributed by atoms with Crippen molar-refractivity contribution in [1.29, 1.82) is 0 Å². The number of fused-ring (bicyclic) bond motifs is 1. The van der Waals surface area contributed by atoms with E-state index in [1.165, 1.54) is 5.52 Å². The Hall–Kier alpha value is -1.43. The van der Waals surface area contributed by atoms with Gasteiger partial charge in [0, 0.05) is 32.7 Å². The van der Waals surface area contributed by atoms with E-state index in [2.05, 4.69) is 39.9 Å². The lowest BCUT2D eigenvalue weighted by Crippen LogP contribution is -2.40. The predicted octanol–water partition coefficient (Wildman–Crippen LogP) is 1.48. The molecule has 21 heavy (non-hydrogen) atoms. The zero-order valence-corrected chi connectivity index (χ0v) is 12.7. The summed E-state index contributed by atoms with van der Waals surface area (Å²) in [5, 5.41) is 3.52. The first-order valence-corrected chi connectivity index (χ1v) is 7.83. The Balaban J connectivity index is 1.55. The summed E-state index contributed by atoms with van der Waals surface area (Å²) in [6.45, 7) is 9.86. The molecule has 2 heterocycles. The van der Waals surface area contributed by atoms with Crippen molar-refractivity contribution in [3.8, 4) is 0 Å². The maximum Gasteiger partial charge on any atom is 0.123 e. The number of aromatic nitrogens is 2. The zero-order chi connectivity index (χ0) is 14.5. The number of morpholine rings is 1. The molecule has 0 bridgehead atoms. The fourth-order valence-electron chi connectivity index (χ4n) is 2.88. The fraction of sp³-hybridized carbons (Fsp3) is 0.562. The van der Waals surface area contributed by atoms with Crippen molar-refractivity contribution in [1.82, 2.24) is 19.8 Å². The normalized spacial score (nSPS) is 16.6. The molecule has 2 aromatic rings. The Kier molecular flexibility index (Phi) is 4.85. The van der Waals surface area contributed by atoms with Crippen LogP contribution < -0.4 is 5.32 Å². The fourth-order valence-corrected chi connectivity index (χ4v) is 2.88. The third-order valence-corrected chi connectivity index (χ3v) is 4.04. The van der Waals surface area contributed by atoms with Crippen LogP contribution in [-0.2, 0) is 17.8 Å². The predicted molar refractivity (Wildman–Crippen MR) is 84.4 cm³/mol. The van der Waals surface area contributed by atoms with Gasteiger partial charge in [0.1, 0.15) is 5.82 Å². The number of hydrogen-bond acceptors (Lipinski definition) is 4. The maximum atomic E-state index is 5.36. The van der Waals surface area contributed by atoms with Crippen LogP contribution in [0, 0.1) is 0 Å². The topological polar surface area (TPSA) is 42.3 Å². The number of aryl methyl sites for hydroxylation is 1. The van der Waals surface area contributed by atoms with Crippen LogP contribution in [0.4, 0.5) is 0 Å². The first kappa shape index (κ1) is 14.5. The highest BCUT2D eigenvalue weighted by molar-refractivity contribution is 5.75. The molecule has 5 heteroatoms. The first-order chi connectivity index (χ1) is 10.4. The lowest BCUT2D eigenvalue weighted by molar-refractivity contribution is 0.0384. The molecule has 1 aliphatic heterocycles. The minimum Gasteiger partial charge on any atom is -0.379 e. The van der Waals surface area contributed by atoms with Gasteiger partial charge < -0.3 is 14.6 Å². The molecule has 5 nitrogen and oxygen atoms in total. The second kappa shape index (κ2) is 7.02. The number of ether oxygens (including phenoxy) is 1. The van der Waals surface area contributed by atoms with Gasteiger partial charge in [0.15, 0.2) is 0 Å². The molecule has 1 aromatic carbocycles. The van der Waals surface area contributed by atoms with Crippen molar-refractivity contribution < 1.29 is 4.74 Å². The molecule has 1 aromatic heterocycles. The van der Waals surface area contributed by atoms with Crippen LogP contribution in [0.25, 0.3) is 11.0 Å². The van der Waals surface area contributed by atoms with Crippen LogP contribution in [0.1, 0.15) is 12.7 Å². The summed E-state index contributed by atoms with van der Waals surface area (Å²) in [4.78, 5) is 7.18. The van der Waals surface area contributed by atoms with E-state index >= 15 is 0 Å². The highest BCUT2D eigenvalue weighted by Gasteiger charge is 2.10. The molecule has 0 aliphatic carbocycles. The lowest BCUT2D eigenvalue weighted by Gasteiger charge is -2.26. The molecule has 1 N–H and O–H groups in total. The Labute approximate surface area is 125 Å². The number of nitrogens with one attached hydrogen (secondary N) is 1. The van der Waals surface area contributed by atoms with E-state index in [0.29, 0.717) is 0 Å². The van der Waals surface area contributed by atoms with Gasteiger partial charge in [-0.1, -0.05) is 12.1 Å². The smallest absolute Gasteiger partial charge is 0.123 e. The van der Waals surface area contributed by atoms with Gasteiger partial charge in [-0.25, -0.2) is 4.98 Å². The summed E-state index contributed by atoms with van der Waals surface area (Å²) in [6.07, 6.45) is 0. The number of nitrogens with zero attached hydrogens (tertiary/aromatic N) is 3. The molecular weight excluding hydrogens is 264 g/mol. The molecule has 114 valence electrons. The van der Waals surface area contributed by atoms with Crippen molar-refractivity contribution in [2.45, 2.75) is 20.0 Å².